The van der Waals surface area contributed by atoms with Crippen molar-refractivity contribution in [2.24, 2.45) is 0 Å². The van der Waals surface area contributed by atoms with E-state index in [1.165, 1.54) is 4.90 Å². The Morgan fingerprint density at radius 1 is 1.00 bits per heavy atom. The molecule has 2 aromatic carbocycles. The van der Waals surface area contributed by atoms with Gasteiger partial charge in [0.2, 0.25) is 5.91 Å². The second-order valence-electron chi connectivity index (χ2n) is 7.33. The lowest BCUT2D eigenvalue weighted by Gasteiger charge is -2.21. The number of nitrogens with one attached hydrogen (secondary N) is 1. The second kappa shape index (κ2) is 11.7. The molecule has 0 spiro atoms. The predicted octanol–water partition coefficient (Wildman–Crippen LogP) is 2.34. The van der Waals surface area contributed by atoms with Crippen molar-refractivity contribution < 1.29 is 23.9 Å². The predicted molar refractivity (Wildman–Crippen MR) is 128 cm³/mol. The van der Waals surface area contributed by atoms with Gasteiger partial charge in [-0.1, -0.05) is 64.5 Å². The molecule has 0 radical (unpaired) electrons. The number of benzene rings is 2. The van der Waals surface area contributed by atoms with Crippen molar-refractivity contribution in [2.75, 3.05) is 38.2 Å². The van der Waals surface area contributed by atoms with Crippen molar-refractivity contribution in [1.82, 2.24) is 10.2 Å². The van der Waals surface area contributed by atoms with Crippen molar-refractivity contribution in [3.05, 3.63) is 59.7 Å². The van der Waals surface area contributed by atoms with Crippen LogP contribution in [-0.2, 0) is 19.1 Å². The first-order valence-corrected chi connectivity index (χ1v) is 11.8. The molecule has 2 aromatic rings. The third-order valence-corrected chi connectivity index (χ3v) is 5.63. The van der Waals surface area contributed by atoms with Crippen LogP contribution in [0.5, 0.6) is 0 Å². The third kappa shape index (κ3) is 5.91. The molecule has 32 heavy (non-hydrogen) atoms. The molecule has 0 aromatic heterocycles. The summed E-state index contributed by atoms with van der Waals surface area (Å²) in [5.74, 6) is -0.682. The Labute approximate surface area is 197 Å². The number of carbonyl (C=O) groups is 3. The van der Waals surface area contributed by atoms with Gasteiger partial charge in [-0.15, -0.1) is 0 Å². The number of carbonyl (C=O) groups excluding carboxylic acids is 3. The summed E-state index contributed by atoms with van der Waals surface area (Å²) in [5, 5.41) is 3.20. The molecule has 0 atom stereocenters. The van der Waals surface area contributed by atoms with E-state index in [1.807, 2.05) is 24.3 Å². The van der Waals surface area contributed by atoms with Gasteiger partial charge < -0.3 is 19.7 Å². The molecule has 1 aliphatic carbocycles. The van der Waals surface area contributed by atoms with Gasteiger partial charge in [-0.3, -0.25) is 9.59 Å². The van der Waals surface area contributed by atoms with Crippen molar-refractivity contribution in [2.45, 2.75) is 12.2 Å². The van der Waals surface area contributed by atoms with Crippen LogP contribution in [0, 0.1) is 0 Å². The van der Waals surface area contributed by atoms with Crippen LogP contribution < -0.4 is 5.32 Å². The van der Waals surface area contributed by atoms with Crippen LogP contribution in [-0.4, -0.2) is 68.9 Å². The number of alkyl halides is 1. The fraction of sp³-hybridized carbons (Fsp3) is 0.348. The first-order chi connectivity index (χ1) is 15.5. The van der Waals surface area contributed by atoms with Gasteiger partial charge in [0, 0.05) is 24.3 Å². The number of nitrogens with zero attached hydrogens (tertiary/aromatic N) is 1. The van der Waals surface area contributed by atoms with E-state index in [2.05, 4.69) is 45.5 Å². The minimum absolute atomic E-state index is 0.0180. The van der Waals surface area contributed by atoms with E-state index in [0.29, 0.717) is 5.33 Å². The average molecular weight is 501 g/mol. The number of amides is 2. The lowest BCUT2D eigenvalue weighted by Crippen LogP contribution is -2.41. The molecule has 1 N–H and O–H groups in total. The minimum atomic E-state index is -0.558. The Morgan fingerprint density at radius 2 is 1.62 bits per heavy atom. The lowest BCUT2D eigenvalue weighted by atomic mass is 9.98. The van der Waals surface area contributed by atoms with Crippen molar-refractivity contribution in [3.63, 3.8) is 0 Å². The second-order valence-corrected chi connectivity index (χ2v) is 8.12. The molecule has 0 saturated carbocycles. The Bertz CT molecular complexity index is 925. The minimum Gasteiger partial charge on any atom is -0.463 e. The van der Waals surface area contributed by atoms with Crippen molar-refractivity contribution >= 4 is 41.7 Å². The van der Waals surface area contributed by atoms with E-state index in [0.717, 1.165) is 22.3 Å². The molecule has 0 fully saturated rings. The molecular weight excluding hydrogens is 475 g/mol. The fourth-order valence-corrected chi connectivity index (χ4v) is 3.97. The summed E-state index contributed by atoms with van der Waals surface area (Å²) < 4.78 is 10.5. The van der Waals surface area contributed by atoms with Gasteiger partial charge in [0.05, 0.1) is 0 Å². The monoisotopic (exact) mass is 500 g/mol. The first-order valence-electron chi connectivity index (χ1n) is 10.6. The van der Waals surface area contributed by atoms with Crippen LogP contribution >= 0.6 is 15.9 Å². The number of ether oxygens (including phenoxy) is 2. The molecular formula is C23H26BBrN2O5. The zero-order valence-electron chi connectivity index (χ0n) is 18.0. The number of hydrogen-bond acceptors (Lipinski definition) is 5. The highest BCUT2D eigenvalue weighted by molar-refractivity contribution is 9.09. The topological polar surface area (TPSA) is 84.9 Å². The number of esters is 1. The van der Waals surface area contributed by atoms with E-state index in [9.17, 15) is 14.4 Å². The van der Waals surface area contributed by atoms with E-state index < -0.39 is 12.1 Å². The molecule has 168 valence electrons. The molecule has 0 saturated heterocycles. The molecule has 1 aliphatic rings. The number of alkyl carbamates (subject to hydrolysis) is 1. The molecule has 9 heteroatoms. The van der Waals surface area contributed by atoms with Crippen LogP contribution in [0.3, 0.4) is 0 Å². The summed E-state index contributed by atoms with van der Waals surface area (Å²) in [7, 11) is 1.72. The van der Waals surface area contributed by atoms with Crippen LogP contribution in [0.15, 0.2) is 48.5 Å². The summed E-state index contributed by atoms with van der Waals surface area (Å²) in [5.41, 5.74) is 4.61. The summed E-state index contributed by atoms with van der Waals surface area (Å²) >= 11 is 3.18. The Morgan fingerprint density at radius 3 is 2.22 bits per heavy atom. The molecule has 2 amide bonds. The quantitative estimate of drug-likeness (QED) is 0.307. The van der Waals surface area contributed by atoms with Gasteiger partial charge in [-0.05, 0) is 28.6 Å². The van der Waals surface area contributed by atoms with E-state index >= 15 is 0 Å². The molecule has 7 nitrogen and oxygen atoms in total. The van der Waals surface area contributed by atoms with Crippen LogP contribution in [0.2, 0.25) is 6.32 Å². The van der Waals surface area contributed by atoms with Crippen LogP contribution in [0.4, 0.5) is 4.79 Å². The van der Waals surface area contributed by atoms with E-state index in [1.54, 1.807) is 7.85 Å². The van der Waals surface area contributed by atoms with E-state index in [-0.39, 0.29) is 51.0 Å². The average Bonchev–Trinajstić information content (AvgIpc) is 3.14. The number of halogens is 1. The SMILES string of the molecule is BCC(=O)N(CCNC(=O)OCC1c2ccccc2-c2ccccc21)CC(=O)OCCBr. The number of rotatable bonds is 10. The normalized spacial score (nSPS) is 11.9. The van der Waals surface area contributed by atoms with Gasteiger partial charge in [-0.25, -0.2) is 4.79 Å². The highest BCUT2D eigenvalue weighted by Gasteiger charge is 2.29. The van der Waals surface area contributed by atoms with Gasteiger partial charge in [-0.2, -0.15) is 0 Å². The van der Waals surface area contributed by atoms with E-state index in [4.69, 9.17) is 9.47 Å². The van der Waals surface area contributed by atoms with Gasteiger partial charge >= 0.3 is 12.1 Å². The highest BCUT2D eigenvalue weighted by atomic mass is 79.9. The summed E-state index contributed by atoms with van der Waals surface area (Å²) in [6, 6.07) is 16.3. The first kappa shape index (κ1) is 23.8. The largest absolute Gasteiger partial charge is 0.463 e. The lowest BCUT2D eigenvalue weighted by molar-refractivity contribution is -0.148. The maximum Gasteiger partial charge on any atom is 0.407 e. The Hall–Kier alpha value is -2.81. The Balaban J connectivity index is 1.51. The van der Waals surface area contributed by atoms with Gasteiger partial charge in [0.25, 0.3) is 0 Å². The highest BCUT2D eigenvalue weighted by Crippen LogP contribution is 2.44. The maximum atomic E-state index is 12.3. The zero-order valence-corrected chi connectivity index (χ0v) is 19.6. The molecule has 0 aliphatic heterocycles. The van der Waals surface area contributed by atoms with Crippen LogP contribution in [0.25, 0.3) is 11.1 Å². The number of fused-ring (bicyclic) bond motifs is 3. The zero-order chi connectivity index (χ0) is 22.9. The summed E-state index contributed by atoms with van der Waals surface area (Å²) in [6.45, 7) is 0.682. The smallest absolute Gasteiger partial charge is 0.407 e. The Kier molecular flexibility index (Phi) is 8.73. The summed E-state index contributed by atoms with van der Waals surface area (Å²) in [4.78, 5) is 37.6. The fourth-order valence-electron chi connectivity index (χ4n) is 3.81. The molecule has 3 rings (SSSR count). The van der Waals surface area contributed by atoms with Gasteiger partial charge in [0.15, 0.2) is 0 Å². The van der Waals surface area contributed by atoms with Gasteiger partial charge in [0.1, 0.15) is 27.6 Å². The standard InChI is InChI=1S/C23H26BBrN2O5/c24-13-21(28)27(14-22(29)31-12-9-25)11-10-26-23(30)32-15-20-18-7-3-1-5-16(18)17-6-2-4-8-19(17)20/h1-8,20H,9-15,24H2,(H,26,30). The summed E-state index contributed by atoms with van der Waals surface area (Å²) in [6.07, 6.45) is -0.297. The van der Waals surface area contributed by atoms with Crippen LogP contribution in [0.1, 0.15) is 17.0 Å². The number of hydrogen-bond donors (Lipinski definition) is 1. The van der Waals surface area contributed by atoms with Crippen molar-refractivity contribution in [3.8, 4) is 11.1 Å². The maximum absolute atomic E-state index is 12.3. The van der Waals surface area contributed by atoms with Crippen molar-refractivity contribution in [1.29, 1.82) is 0 Å². The third-order valence-electron chi connectivity index (χ3n) is 5.31. The molecule has 0 unspecified atom stereocenters. The molecule has 0 heterocycles. The molecule has 0 bridgehead atoms.